The first-order valence-corrected chi connectivity index (χ1v) is 5.88. The van der Waals surface area contributed by atoms with Crippen LogP contribution in [0.1, 0.15) is 56.2 Å². The molecule has 0 atom stereocenters. The van der Waals surface area contributed by atoms with E-state index < -0.39 is 0 Å². The molecule has 0 aliphatic heterocycles. The summed E-state index contributed by atoms with van der Waals surface area (Å²) in [6.45, 7) is 8.52. The lowest BCUT2D eigenvalue weighted by atomic mass is 9.94. The summed E-state index contributed by atoms with van der Waals surface area (Å²) in [7, 11) is 0. The van der Waals surface area contributed by atoms with Crippen LogP contribution < -0.4 is 0 Å². The van der Waals surface area contributed by atoms with Gasteiger partial charge in [-0.15, -0.1) is 0 Å². The third kappa shape index (κ3) is 2.98. The minimum absolute atomic E-state index is 0.394. The van der Waals surface area contributed by atoms with E-state index in [-0.39, 0.29) is 0 Å². The predicted octanol–water partition coefficient (Wildman–Crippen LogP) is 4.17. The molecule has 0 heterocycles. The van der Waals surface area contributed by atoms with E-state index in [1.54, 1.807) is 0 Å². The van der Waals surface area contributed by atoms with E-state index in [4.69, 9.17) is 0 Å². The molecule has 0 saturated heterocycles. The van der Waals surface area contributed by atoms with E-state index in [9.17, 15) is 5.11 Å². The molecule has 1 nitrogen and oxygen atoms in total. The van der Waals surface area contributed by atoms with E-state index in [0.717, 1.165) is 12.0 Å². The van der Waals surface area contributed by atoms with Crippen molar-refractivity contribution >= 4 is 0 Å². The third-order valence-electron chi connectivity index (χ3n) is 2.91. The zero-order valence-corrected chi connectivity index (χ0v) is 10.3. The molecule has 0 fully saturated rings. The maximum atomic E-state index is 9.81. The summed E-state index contributed by atoms with van der Waals surface area (Å²) in [5, 5.41) is 9.81. The first-order chi connectivity index (χ1) is 7.06. The second-order valence-corrected chi connectivity index (χ2v) is 4.60. The molecule has 0 bridgehead atoms. The molecule has 0 spiro atoms. The maximum absolute atomic E-state index is 9.81. The van der Waals surface area contributed by atoms with Gasteiger partial charge in [-0.1, -0.05) is 33.3 Å². The van der Waals surface area contributed by atoms with Gasteiger partial charge < -0.3 is 5.11 Å². The zero-order valence-electron chi connectivity index (χ0n) is 10.3. The van der Waals surface area contributed by atoms with Gasteiger partial charge in [-0.25, -0.2) is 0 Å². The van der Waals surface area contributed by atoms with Gasteiger partial charge in [0.2, 0.25) is 0 Å². The molecule has 0 saturated carbocycles. The molecule has 0 amide bonds. The zero-order chi connectivity index (χ0) is 11.4. The van der Waals surface area contributed by atoms with Crippen LogP contribution in [0, 0.1) is 6.92 Å². The number of hydrogen-bond donors (Lipinski definition) is 1. The Labute approximate surface area is 93.1 Å². The molecule has 1 heteroatoms. The van der Waals surface area contributed by atoms with Gasteiger partial charge in [0.05, 0.1) is 0 Å². The fraction of sp³-hybridized carbons (Fsp3) is 0.571. The SMILES string of the molecule is CCCCc1cc(C(C)C)c(O)cc1C. The van der Waals surface area contributed by atoms with Crippen LogP contribution in [-0.2, 0) is 6.42 Å². The number of phenolic OH excluding ortho intramolecular Hbond substituents is 1. The fourth-order valence-electron chi connectivity index (χ4n) is 1.86. The summed E-state index contributed by atoms with van der Waals surface area (Å²) in [4.78, 5) is 0. The molecule has 0 radical (unpaired) electrons. The van der Waals surface area contributed by atoms with Crippen molar-refractivity contribution in [2.75, 3.05) is 0 Å². The highest BCUT2D eigenvalue weighted by molar-refractivity contribution is 5.43. The van der Waals surface area contributed by atoms with Gasteiger partial charge in [0.1, 0.15) is 5.75 Å². The summed E-state index contributed by atoms with van der Waals surface area (Å²) in [5.74, 6) is 0.841. The Hall–Kier alpha value is -0.980. The topological polar surface area (TPSA) is 20.2 Å². The van der Waals surface area contributed by atoms with Crippen molar-refractivity contribution in [1.82, 2.24) is 0 Å². The number of aryl methyl sites for hydroxylation is 2. The highest BCUT2D eigenvalue weighted by Gasteiger charge is 2.09. The Morgan fingerprint density at radius 3 is 2.47 bits per heavy atom. The molecule has 1 N–H and O–H groups in total. The molecule has 0 aromatic heterocycles. The lowest BCUT2D eigenvalue weighted by molar-refractivity contribution is 0.464. The Bertz CT molecular complexity index is 326. The predicted molar refractivity (Wildman–Crippen MR) is 65.5 cm³/mol. The van der Waals surface area contributed by atoms with Crippen molar-refractivity contribution in [1.29, 1.82) is 0 Å². The van der Waals surface area contributed by atoms with Crippen molar-refractivity contribution in [2.45, 2.75) is 52.9 Å². The van der Waals surface area contributed by atoms with Crippen LogP contribution in [0.4, 0.5) is 0 Å². The van der Waals surface area contributed by atoms with E-state index in [2.05, 4.69) is 33.8 Å². The van der Waals surface area contributed by atoms with Crippen LogP contribution in [0.5, 0.6) is 5.75 Å². The Balaban J connectivity index is 3.00. The molecule has 1 aromatic rings. The van der Waals surface area contributed by atoms with E-state index in [1.807, 2.05) is 6.07 Å². The quantitative estimate of drug-likeness (QED) is 0.784. The average molecular weight is 206 g/mol. The molecule has 1 rings (SSSR count). The van der Waals surface area contributed by atoms with Crippen molar-refractivity contribution in [3.63, 3.8) is 0 Å². The number of unbranched alkanes of at least 4 members (excludes halogenated alkanes) is 1. The number of rotatable bonds is 4. The van der Waals surface area contributed by atoms with Gasteiger partial charge >= 0.3 is 0 Å². The van der Waals surface area contributed by atoms with Crippen LogP contribution in [0.2, 0.25) is 0 Å². The number of hydrogen-bond acceptors (Lipinski definition) is 1. The third-order valence-corrected chi connectivity index (χ3v) is 2.91. The Morgan fingerprint density at radius 2 is 1.93 bits per heavy atom. The van der Waals surface area contributed by atoms with Gasteiger partial charge in [0.15, 0.2) is 0 Å². The number of benzene rings is 1. The van der Waals surface area contributed by atoms with Crippen molar-refractivity contribution in [3.05, 3.63) is 28.8 Å². The summed E-state index contributed by atoms with van der Waals surface area (Å²) < 4.78 is 0. The summed E-state index contributed by atoms with van der Waals surface area (Å²) in [5.41, 5.74) is 3.68. The molecule has 84 valence electrons. The second kappa shape index (κ2) is 5.20. The number of aromatic hydroxyl groups is 1. The molecule has 0 aliphatic rings. The van der Waals surface area contributed by atoms with Crippen LogP contribution >= 0.6 is 0 Å². The van der Waals surface area contributed by atoms with Crippen molar-refractivity contribution in [3.8, 4) is 5.75 Å². The fourth-order valence-corrected chi connectivity index (χ4v) is 1.86. The minimum Gasteiger partial charge on any atom is -0.508 e. The monoisotopic (exact) mass is 206 g/mol. The van der Waals surface area contributed by atoms with E-state index in [1.165, 1.54) is 24.0 Å². The highest BCUT2D eigenvalue weighted by atomic mass is 16.3. The summed E-state index contributed by atoms with van der Waals surface area (Å²) in [6, 6.07) is 4.07. The first kappa shape index (κ1) is 12.1. The van der Waals surface area contributed by atoms with Crippen LogP contribution in [0.25, 0.3) is 0 Å². The molecule has 1 aromatic carbocycles. The van der Waals surface area contributed by atoms with E-state index >= 15 is 0 Å². The molecule has 0 unspecified atom stereocenters. The van der Waals surface area contributed by atoms with Crippen molar-refractivity contribution < 1.29 is 5.11 Å². The van der Waals surface area contributed by atoms with Gasteiger partial charge in [-0.05, 0) is 48.4 Å². The number of phenols is 1. The van der Waals surface area contributed by atoms with E-state index in [0.29, 0.717) is 11.7 Å². The first-order valence-electron chi connectivity index (χ1n) is 5.88. The van der Waals surface area contributed by atoms with Gasteiger partial charge in [0, 0.05) is 0 Å². The lowest BCUT2D eigenvalue weighted by Gasteiger charge is -2.13. The second-order valence-electron chi connectivity index (χ2n) is 4.60. The maximum Gasteiger partial charge on any atom is 0.119 e. The highest BCUT2D eigenvalue weighted by Crippen LogP contribution is 2.29. The lowest BCUT2D eigenvalue weighted by Crippen LogP contribution is -1.95. The minimum atomic E-state index is 0.394. The van der Waals surface area contributed by atoms with Crippen molar-refractivity contribution in [2.24, 2.45) is 0 Å². The Kier molecular flexibility index (Phi) is 4.19. The Morgan fingerprint density at radius 1 is 1.27 bits per heavy atom. The summed E-state index contributed by atoms with van der Waals surface area (Å²) >= 11 is 0. The average Bonchev–Trinajstić information content (AvgIpc) is 2.16. The van der Waals surface area contributed by atoms with Gasteiger partial charge in [-0.2, -0.15) is 0 Å². The molecular formula is C14H22O. The van der Waals surface area contributed by atoms with Crippen LogP contribution in [-0.4, -0.2) is 5.11 Å². The van der Waals surface area contributed by atoms with Gasteiger partial charge in [-0.3, -0.25) is 0 Å². The summed E-state index contributed by atoms with van der Waals surface area (Å²) in [6.07, 6.45) is 3.57. The normalized spacial score (nSPS) is 11.0. The molecule has 15 heavy (non-hydrogen) atoms. The molecule has 0 aliphatic carbocycles. The van der Waals surface area contributed by atoms with Crippen LogP contribution in [0.3, 0.4) is 0 Å². The smallest absolute Gasteiger partial charge is 0.119 e. The van der Waals surface area contributed by atoms with Crippen LogP contribution in [0.15, 0.2) is 12.1 Å². The van der Waals surface area contributed by atoms with Gasteiger partial charge in [0.25, 0.3) is 0 Å². The largest absolute Gasteiger partial charge is 0.508 e. The molecular weight excluding hydrogens is 184 g/mol. The standard InChI is InChI=1S/C14H22O/c1-5-6-7-12-9-13(10(2)3)14(15)8-11(12)4/h8-10,15H,5-7H2,1-4H3.